The molecule has 4 heteroatoms. The number of aromatic nitrogens is 2. The fraction of sp³-hybridized carbons (Fsp3) is 0.364. The first-order chi connectivity index (χ1) is 7.22. The van der Waals surface area contributed by atoms with Gasteiger partial charge >= 0.3 is 0 Å². The fourth-order valence-electron chi connectivity index (χ4n) is 1.64. The minimum absolute atomic E-state index is 0.802. The van der Waals surface area contributed by atoms with Crippen molar-refractivity contribution in [1.82, 2.24) is 14.9 Å². The number of benzene rings is 1. The summed E-state index contributed by atoms with van der Waals surface area (Å²) in [6.45, 7) is 0.934. The lowest BCUT2D eigenvalue weighted by Crippen LogP contribution is -2.10. The Labute approximate surface area is 94.1 Å². The van der Waals surface area contributed by atoms with Gasteiger partial charge in [-0.15, -0.1) is 0 Å². The van der Waals surface area contributed by atoms with Crippen molar-refractivity contribution in [2.24, 2.45) is 7.05 Å². The average Bonchev–Trinajstić information content (AvgIpc) is 2.57. The maximum absolute atomic E-state index is 6.17. The third-order valence-corrected chi connectivity index (χ3v) is 2.89. The molecule has 0 aliphatic rings. The van der Waals surface area contributed by atoms with Crippen LogP contribution in [-0.2, 0) is 13.5 Å². The molecule has 0 amide bonds. The van der Waals surface area contributed by atoms with Gasteiger partial charge in [-0.1, -0.05) is 11.6 Å². The molecule has 1 N–H and O–H groups in total. The highest BCUT2D eigenvalue weighted by atomic mass is 35.5. The summed E-state index contributed by atoms with van der Waals surface area (Å²) in [6.07, 6.45) is 2.75. The molecule has 3 nitrogen and oxygen atoms in total. The van der Waals surface area contributed by atoms with E-state index in [1.54, 1.807) is 0 Å². The third-order valence-electron chi connectivity index (χ3n) is 2.54. The van der Waals surface area contributed by atoms with Crippen molar-refractivity contribution < 1.29 is 0 Å². The van der Waals surface area contributed by atoms with Crippen LogP contribution in [-0.4, -0.2) is 23.1 Å². The van der Waals surface area contributed by atoms with E-state index >= 15 is 0 Å². The van der Waals surface area contributed by atoms with Crippen LogP contribution in [0.3, 0.4) is 0 Å². The molecular formula is C11H14ClN3. The lowest BCUT2D eigenvalue weighted by molar-refractivity contribution is 0.792. The summed E-state index contributed by atoms with van der Waals surface area (Å²) in [5.41, 5.74) is 3.25. The van der Waals surface area contributed by atoms with Crippen molar-refractivity contribution in [3.63, 3.8) is 0 Å². The summed E-state index contributed by atoms with van der Waals surface area (Å²) in [4.78, 5) is 4.26. The highest BCUT2D eigenvalue weighted by molar-refractivity contribution is 6.32. The monoisotopic (exact) mass is 223 g/mol. The molecule has 15 heavy (non-hydrogen) atoms. The molecule has 2 aromatic rings. The number of likely N-dealkylation sites (N-methyl/N-ethyl adjacent to an activating group) is 1. The second-order valence-electron chi connectivity index (χ2n) is 3.64. The summed E-state index contributed by atoms with van der Waals surface area (Å²) < 4.78 is 2.01. The molecule has 1 heterocycles. The van der Waals surface area contributed by atoms with E-state index in [0.717, 1.165) is 29.0 Å². The van der Waals surface area contributed by atoms with Crippen LogP contribution in [0.25, 0.3) is 11.0 Å². The van der Waals surface area contributed by atoms with E-state index in [2.05, 4.69) is 16.4 Å². The molecule has 2 rings (SSSR count). The minimum Gasteiger partial charge on any atom is -0.334 e. The van der Waals surface area contributed by atoms with E-state index in [-0.39, 0.29) is 0 Å². The van der Waals surface area contributed by atoms with E-state index in [9.17, 15) is 0 Å². The molecule has 0 atom stereocenters. The van der Waals surface area contributed by atoms with Gasteiger partial charge < -0.3 is 9.88 Å². The zero-order chi connectivity index (χ0) is 10.8. The number of aryl methyl sites for hydroxylation is 1. The molecule has 1 aromatic carbocycles. The Morgan fingerprint density at radius 3 is 3.00 bits per heavy atom. The summed E-state index contributed by atoms with van der Waals surface area (Å²) >= 11 is 6.17. The Bertz CT molecular complexity index is 476. The van der Waals surface area contributed by atoms with Crippen LogP contribution in [0.5, 0.6) is 0 Å². The summed E-state index contributed by atoms with van der Waals surface area (Å²) in [6, 6.07) is 4.05. The largest absolute Gasteiger partial charge is 0.334 e. The normalized spacial score (nSPS) is 11.1. The molecule has 0 aliphatic heterocycles. The van der Waals surface area contributed by atoms with Gasteiger partial charge in [0.1, 0.15) is 0 Å². The lowest BCUT2D eigenvalue weighted by Gasteiger charge is -2.04. The summed E-state index contributed by atoms with van der Waals surface area (Å²) in [7, 11) is 3.93. The third kappa shape index (κ3) is 1.98. The number of rotatable bonds is 3. The molecule has 0 aliphatic carbocycles. The second kappa shape index (κ2) is 4.21. The van der Waals surface area contributed by atoms with Gasteiger partial charge in [0.15, 0.2) is 0 Å². The maximum Gasteiger partial charge on any atom is 0.0955 e. The SMILES string of the molecule is CNCCc1cc2c(cc1Cl)ncn2C. The van der Waals surface area contributed by atoms with Gasteiger partial charge in [0.05, 0.1) is 17.4 Å². The van der Waals surface area contributed by atoms with Crippen molar-refractivity contribution >= 4 is 22.6 Å². The average molecular weight is 224 g/mol. The lowest BCUT2D eigenvalue weighted by atomic mass is 10.1. The van der Waals surface area contributed by atoms with E-state index in [1.165, 1.54) is 5.56 Å². The van der Waals surface area contributed by atoms with Crippen molar-refractivity contribution in [2.75, 3.05) is 13.6 Å². The molecule has 0 radical (unpaired) electrons. The fourth-order valence-corrected chi connectivity index (χ4v) is 1.90. The number of hydrogen-bond donors (Lipinski definition) is 1. The van der Waals surface area contributed by atoms with Crippen LogP contribution >= 0.6 is 11.6 Å². The Kier molecular flexibility index (Phi) is 2.93. The van der Waals surface area contributed by atoms with Crippen LogP contribution < -0.4 is 5.32 Å². The van der Waals surface area contributed by atoms with Crippen LogP contribution in [0.15, 0.2) is 18.5 Å². The van der Waals surface area contributed by atoms with Gasteiger partial charge in [-0.3, -0.25) is 0 Å². The van der Waals surface area contributed by atoms with E-state index < -0.39 is 0 Å². The number of halogens is 1. The Morgan fingerprint density at radius 1 is 1.47 bits per heavy atom. The van der Waals surface area contributed by atoms with Gasteiger partial charge in [-0.2, -0.15) is 0 Å². The minimum atomic E-state index is 0.802. The zero-order valence-corrected chi connectivity index (χ0v) is 9.67. The van der Waals surface area contributed by atoms with Crippen molar-refractivity contribution in [1.29, 1.82) is 0 Å². The Hall–Kier alpha value is -1.06. The first-order valence-corrected chi connectivity index (χ1v) is 5.34. The summed E-state index contributed by atoms with van der Waals surface area (Å²) in [5, 5.41) is 3.92. The molecule has 0 spiro atoms. The quantitative estimate of drug-likeness (QED) is 0.863. The van der Waals surface area contributed by atoms with E-state index in [0.29, 0.717) is 0 Å². The summed E-state index contributed by atoms with van der Waals surface area (Å²) in [5.74, 6) is 0. The number of imidazole rings is 1. The Balaban J connectivity index is 2.45. The molecule has 0 bridgehead atoms. The number of nitrogens with zero attached hydrogens (tertiary/aromatic N) is 2. The predicted molar refractivity (Wildman–Crippen MR) is 63.4 cm³/mol. The topological polar surface area (TPSA) is 29.9 Å². The number of fused-ring (bicyclic) bond motifs is 1. The van der Waals surface area contributed by atoms with Crippen LogP contribution in [0.4, 0.5) is 0 Å². The van der Waals surface area contributed by atoms with E-state index in [4.69, 9.17) is 11.6 Å². The number of hydrogen-bond acceptors (Lipinski definition) is 2. The highest BCUT2D eigenvalue weighted by Gasteiger charge is 2.05. The molecule has 0 unspecified atom stereocenters. The molecule has 0 saturated carbocycles. The number of nitrogens with one attached hydrogen (secondary N) is 1. The zero-order valence-electron chi connectivity index (χ0n) is 8.92. The Morgan fingerprint density at radius 2 is 2.27 bits per heavy atom. The van der Waals surface area contributed by atoms with Crippen LogP contribution in [0, 0.1) is 0 Å². The standard InChI is InChI=1S/C11H14ClN3/c1-13-4-3-8-5-11-10(6-9(8)12)14-7-15(11)2/h5-7,13H,3-4H2,1-2H3. The van der Waals surface area contributed by atoms with E-state index in [1.807, 2.05) is 31.1 Å². The van der Waals surface area contributed by atoms with Crippen LogP contribution in [0.1, 0.15) is 5.56 Å². The highest BCUT2D eigenvalue weighted by Crippen LogP contribution is 2.23. The maximum atomic E-state index is 6.17. The molecule has 80 valence electrons. The van der Waals surface area contributed by atoms with Crippen molar-refractivity contribution in [3.05, 3.63) is 29.0 Å². The molecule has 0 fully saturated rings. The van der Waals surface area contributed by atoms with Gasteiger partial charge in [-0.05, 0) is 37.7 Å². The van der Waals surface area contributed by atoms with Gasteiger partial charge in [-0.25, -0.2) is 4.98 Å². The van der Waals surface area contributed by atoms with Crippen molar-refractivity contribution in [3.8, 4) is 0 Å². The smallest absolute Gasteiger partial charge is 0.0955 e. The van der Waals surface area contributed by atoms with Crippen molar-refractivity contribution in [2.45, 2.75) is 6.42 Å². The first-order valence-electron chi connectivity index (χ1n) is 4.96. The van der Waals surface area contributed by atoms with Gasteiger partial charge in [0, 0.05) is 12.1 Å². The molecule has 1 aromatic heterocycles. The van der Waals surface area contributed by atoms with Gasteiger partial charge in [0.25, 0.3) is 0 Å². The van der Waals surface area contributed by atoms with Crippen LogP contribution in [0.2, 0.25) is 5.02 Å². The second-order valence-corrected chi connectivity index (χ2v) is 4.05. The van der Waals surface area contributed by atoms with Gasteiger partial charge in [0.2, 0.25) is 0 Å². The predicted octanol–water partition coefficient (Wildman–Crippen LogP) is 1.99. The first kappa shape index (κ1) is 10.5. The molecular weight excluding hydrogens is 210 g/mol. The molecule has 0 saturated heterocycles.